The van der Waals surface area contributed by atoms with E-state index in [4.69, 9.17) is 4.74 Å². The third-order valence-electron chi connectivity index (χ3n) is 8.69. The number of carbonyl (C=O) groups excluding carboxylic acids is 1. The first-order valence-corrected chi connectivity index (χ1v) is 16.4. The van der Waals surface area contributed by atoms with E-state index < -0.39 is 5.60 Å². The molecule has 0 radical (unpaired) electrons. The van der Waals surface area contributed by atoms with Gasteiger partial charge in [-0.05, 0) is 52.0 Å². The minimum absolute atomic E-state index is 0.297. The molecule has 0 amide bonds. The van der Waals surface area contributed by atoms with Gasteiger partial charge in [0.15, 0.2) is 0 Å². The van der Waals surface area contributed by atoms with E-state index in [1.54, 1.807) is 15.4 Å². The molecule has 0 atom stereocenters. The Balaban J connectivity index is 1.19. The van der Waals surface area contributed by atoms with E-state index in [1.165, 1.54) is 25.7 Å². The van der Waals surface area contributed by atoms with Crippen LogP contribution in [-0.4, -0.2) is 74.4 Å². The molecule has 3 aromatic heterocycles. The average molecular weight is 642 g/mol. The summed E-state index contributed by atoms with van der Waals surface area (Å²) in [6, 6.07) is 12.3. The Morgan fingerprint density at radius 2 is 2.02 bits per heavy atom. The summed E-state index contributed by atoms with van der Waals surface area (Å²) in [5.41, 5.74) is 5.19. The van der Waals surface area contributed by atoms with Crippen LogP contribution in [0.3, 0.4) is 0 Å². The van der Waals surface area contributed by atoms with Crippen LogP contribution < -0.4 is 4.46 Å². The molecule has 2 aliphatic rings. The number of H-pyrrole nitrogens is 1. The molecule has 0 bridgehead atoms. The molecule has 4 heterocycles. The zero-order chi connectivity index (χ0) is 29.8. The van der Waals surface area contributed by atoms with Crippen molar-refractivity contribution in [1.82, 2.24) is 34.7 Å². The van der Waals surface area contributed by atoms with Crippen LogP contribution in [0, 0.1) is 15.6 Å². The van der Waals surface area contributed by atoms with E-state index in [0.717, 1.165) is 68.4 Å². The van der Waals surface area contributed by atoms with E-state index in [2.05, 4.69) is 54.6 Å². The fraction of sp³-hybridized carbons (Fsp3) is 0.406. The Hall–Kier alpha value is -3.97. The number of aromatic nitrogens is 6. The standard InChI is InChI=1S/C32H34N8O2Se/c1-31(2,3)42-30(41)40-23(17-38-10-9-32(19-38)7-4-8-32)12-22-6-5-21(11-29(22)40)16-39-18-28(36-37-39)25-13-24(43-20-33)14-27-26(25)15-34-35-27/h5-6,11-15,18H,4,7-10,16-17,19H2,1-3H3,(H,34,35). The maximum atomic E-state index is 13.6. The van der Waals surface area contributed by atoms with E-state index >= 15 is 0 Å². The van der Waals surface area contributed by atoms with Gasteiger partial charge in [-0.1, -0.05) is 6.42 Å². The van der Waals surface area contributed by atoms with Crippen molar-refractivity contribution in [3.8, 4) is 16.2 Å². The Kier molecular flexibility index (Phi) is 6.88. The number of ether oxygens (including phenoxy) is 1. The van der Waals surface area contributed by atoms with Gasteiger partial charge < -0.3 is 4.74 Å². The van der Waals surface area contributed by atoms with Gasteiger partial charge >= 0.3 is 165 Å². The number of nitrogens with one attached hydrogen (secondary N) is 1. The quantitative estimate of drug-likeness (QED) is 0.265. The Morgan fingerprint density at radius 3 is 2.77 bits per heavy atom. The number of hydrogen-bond acceptors (Lipinski definition) is 7. The topological polar surface area (TPSA) is 118 Å². The zero-order valence-electron chi connectivity index (χ0n) is 24.6. The monoisotopic (exact) mass is 642 g/mol. The third kappa shape index (κ3) is 5.47. The van der Waals surface area contributed by atoms with Gasteiger partial charge in [-0.25, -0.2) is 4.79 Å². The van der Waals surface area contributed by atoms with E-state index in [0.29, 0.717) is 12.0 Å². The number of aromatic amines is 1. The predicted octanol–water partition coefficient (Wildman–Crippen LogP) is 4.79. The molecule has 1 spiro atoms. The van der Waals surface area contributed by atoms with Gasteiger partial charge in [0.2, 0.25) is 0 Å². The number of nitrogens with zero attached hydrogens (tertiary/aromatic N) is 7. The molecule has 1 aliphatic heterocycles. The normalized spacial score (nSPS) is 16.6. The van der Waals surface area contributed by atoms with E-state index in [-0.39, 0.29) is 21.1 Å². The number of carbonyl (C=O) groups is 1. The summed E-state index contributed by atoms with van der Waals surface area (Å²) in [5, 5.41) is 27.3. The first-order chi connectivity index (χ1) is 20.7. The SMILES string of the molecule is CC(C)(C)OC(=O)n1c(CN2CCC3(CCC3)C2)cc2ccc(Cn3cc(-c4cc([Se]C#N)cc5[nH]ncc45)nn3)cc21. The van der Waals surface area contributed by atoms with Gasteiger partial charge in [0.25, 0.3) is 0 Å². The van der Waals surface area contributed by atoms with Crippen molar-refractivity contribution in [1.29, 1.82) is 5.26 Å². The molecule has 1 N–H and O–H groups in total. The van der Waals surface area contributed by atoms with Crippen LogP contribution in [0.4, 0.5) is 4.79 Å². The molecule has 10 nitrogen and oxygen atoms in total. The Bertz CT molecular complexity index is 1880. The van der Waals surface area contributed by atoms with Gasteiger partial charge in [-0.3, -0.25) is 4.90 Å². The second-order valence-electron chi connectivity index (χ2n) is 13.0. The first kappa shape index (κ1) is 27.8. The summed E-state index contributed by atoms with van der Waals surface area (Å²) in [6.07, 6.45) is 8.58. The van der Waals surface area contributed by atoms with Crippen molar-refractivity contribution < 1.29 is 9.53 Å². The van der Waals surface area contributed by atoms with Crippen molar-refractivity contribution in [2.45, 2.75) is 65.1 Å². The molecule has 2 fully saturated rings. The van der Waals surface area contributed by atoms with Crippen LogP contribution in [-0.2, 0) is 17.8 Å². The number of fused-ring (bicyclic) bond motifs is 2. The van der Waals surface area contributed by atoms with Crippen LogP contribution in [0.2, 0.25) is 0 Å². The summed E-state index contributed by atoms with van der Waals surface area (Å²) < 4.78 is 10.4. The number of benzene rings is 2. The second-order valence-corrected chi connectivity index (χ2v) is 14.8. The average Bonchev–Trinajstić information content (AvgIpc) is 3.72. The Labute approximate surface area is 256 Å². The van der Waals surface area contributed by atoms with Crippen LogP contribution in [0.15, 0.2) is 48.8 Å². The molecule has 43 heavy (non-hydrogen) atoms. The van der Waals surface area contributed by atoms with Crippen LogP contribution >= 0.6 is 0 Å². The molecule has 220 valence electrons. The molecule has 11 heteroatoms. The predicted molar refractivity (Wildman–Crippen MR) is 165 cm³/mol. The first-order valence-electron chi connectivity index (χ1n) is 14.7. The zero-order valence-corrected chi connectivity index (χ0v) is 26.3. The van der Waals surface area contributed by atoms with E-state index in [1.807, 2.05) is 39.1 Å². The van der Waals surface area contributed by atoms with Crippen LogP contribution in [0.1, 0.15) is 57.7 Å². The molecule has 0 unspecified atom stereocenters. The molecule has 7 rings (SSSR count). The maximum absolute atomic E-state index is 13.6. The molecule has 1 saturated carbocycles. The fourth-order valence-electron chi connectivity index (χ4n) is 6.55. The summed E-state index contributed by atoms with van der Waals surface area (Å²) in [4.78, 5) is 18.4. The molecule has 2 aromatic carbocycles. The molecule has 5 aromatic rings. The number of nitriles is 1. The van der Waals surface area contributed by atoms with Crippen molar-refractivity contribution in [2.24, 2.45) is 5.41 Å². The van der Waals surface area contributed by atoms with Gasteiger partial charge in [0, 0.05) is 13.1 Å². The summed E-state index contributed by atoms with van der Waals surface area (Å²) in [6.45, 7) is 9.10. The summed E-state index contributed by atoms with van der Waals surface area (Å²) in [7, 11) is 0. The molecule has 1 aliphatic carbocycles. The summed E-state index contributed by atoms with van der Waals surface area (Å²) >= 11 is -0.297. The number of likely N-dealkylation sites (tertiary alicyclic amines) is 1. The second kappa shape index (κ2) is 10.6. The van der Waals surface area contributed by atoms with Crippen molar-refractivity contribution in [2.75, 3.05) is 13.1 Å². The minimum atomic E-state index is -0.602. The van der Waals surface area contributed by atoms with Crippen molar-refractivity contribution in [3.05, 3.63) is 60.0 Å². The number of rotatable bonds is 6. The van der Waals surface area contributed by atoms with Crippen molar-refractivity contribution in [3.63, 3.8) is 0 Å². The van der Waals surface area contributed by atoms with Gasteiger partial charge in [-0.2, -0.15) is 0 Å². The van der Waals surface area contributed by atoms with Crippen LogP contribution in [0.5, 0.6) is 0 Å². The summed E-state index contributed by atoms with van der Waals surface area (Å²) in [5.74, 6) is 0. The third-order valence-corrected chi connectivity index (χ3v) is 9.87. The molecular weight excluding hydrogens is 607 g/mol. The van der Waals surface area contributed by atoms with Crippen LogP contribution in [0.25, 0.3) is 33.1 Å². The van der Waals surface area contributed by atoms with Gasteiger partial charge in [-0.15, -0.1) is 0 Å². The van der Waals surface area contributed by atoms with E-state index in [9.17, 15) is 10.1 Å². The van der Waals surface area contributed by atoms with Crippen molar-refractivity contribution >= 4 is 47.3 Å². The number of hydrogen-bond donors (Lipinski definition) is 1. The molecule has 1 saturated heterocycles. The van der Waals surface area contributed by atoms with Gasteiger partial charge in [0.1, 0.15) is 5.60 Å². The molecular formula is C32H34N8O2Se. The van der Waals surface area contributed by atoms with Gasteiger partial charge in [0.05, 0.1) is 0 Å². The fourth-order valence-corrected chi connectivity index (χ4v) is 7.52. The Morgan fingerprint density at radius 1 is 1.16 bits per heavy atom.